The molecule has 0 spiro atoms. The van der Waals surface area contributed by atoms with Crippen LogP contribution in [0.4, 0.5) is 5.82 Å². The van der Waals surface area contributed by atoms with Crippen LogP contribution < -0.4 is 5.73 Å². The largest absolute Gasteiger partial charge is 0.456 e. The van der Waals surface area contributed by atoms with Gasteiger partial charge in [0, 0.05) is 26.3 Å². The van der Waals surface area contributed by atoms with Crippen molar-refractivity contribution in [1.29, 1.82) is 10.5 Å². The molecule has 1 fully saturated rings. The summed E-state index contributed by atoms with van der Waals surface area (Å²) in [5.41, 5.74) is 7.10. The highest BCUT2D eigenvalue weighted by Gasteiger charge is 2.48. The fraction of sp³-hybridized carbons (Fsp3) is 0.333. The molecule has 0 radical (unpaired) electrons. The number of benzene rings is 1. The van der Waals surface area contributed by atoms with E-state index in [-0.39, 0.29) is 33.8 Å². The maximum Gasteiger partial charge on any atom is 0.303 e. The van der Waals surface area contributed by atoms with Gasteiger partial charge in [-0.25, -0.2) is 0 Å². The van der Waals surface area contributed by atoms with Crippen LogP contribution in [0.3, 0.4) is 0 Å². The molecule has 2 aromatic rings. The number of hydrogen-bond acceptors (Lipinski definition) is 11. The first kappa shape index (κ1) is 26.3. The summed E-state index contributed by atoms with van der Waals surface area (Å²) in [6.07, 6.45) is -5.11. The Balaban J connectivity index is 2.27. The van der Waals surface area contributed by atoms with E-state index in [2.05, 4.69) is 0 Å². The van der Waals surface area contributed by atoms with Crippen molar-refractivity contribution in [3.63, 3.8) is 0 Å². The third kappa shape index (κ3) is 5.20. The van der Waals surface area contributed by atoms with Crippen molar-refractivity contribution in [3.05, 3.63) is 46.1 Å². The van der Waals surface area contributed by atoms with Gasteiger partial charge in [0.05, 0.1) is 12.2 Å². The molecule has 1 aromatic heterocycles. The van der Waals surface area contributed by atoms with Crippen LogP contribution in [0, 0.1) is 27.3 Å². The number of carbonyl (C=O) groups excluding carboxylic acids is 3. The molecule has 1 aliphatic heterocycles. The normalized spacial score (nSPS) is 20.9. The number of nitriles is 2. The molecule has 0 saturated carbocycles. The summed E-state index contributed by atoms with van der Waals surface area (Å²) in [4.78, 5) is 35.5. The number of nitrogen functional groups attached to an aromatic ring is 1. The van der Waals surface area contributed by atoms with Crippen molar-refractivity contribution in [3.8, 4) is 23.3 Å². The summed E-state index contributed by atoms with van der Waals surface area (Å²) in [6, 6.07) is 12.7. The number of aromatic nitrogens is 1. The molecule has 0 amide bonds. The lowest BCUT2D eigenvalue weighted by molar-refractivity contribution is -0.239. The van der Waals surface area contributed by atoms with Crippen LogP contribution in [-0.4, -0.2) is 47.4 Å². The summed E-state index contributed by atoms with van der Waals surface area (Å²) in [5.74, 6) is -2.33. The highest BCUT2D eigenvalue weighted by atomic mass is 32.1. The molecule has 1 aliphatic rings. The zero-order valence-electron chi connectivity index (χ0n) is 19.6. The first-order valence-electron chi connectivity index (χ1n) is 10.7. The maximum atomic E-state index is 12.0. The molecular weight excluding hydrogens is 488 g/mol. The van der Waals surface area contributed by atoms with Crippen molar-refractivity contribution < 1.29 is 33.3 Å². The molecule has 0 unspecified atom stereocenters. The van der Waals surface area contributed by atoms with Gasteiger partial charge in [0.2, 0.25) is 0 Å². The topological polar surface area (TPSA) is 167 Å². The van der Waals surface area contributed by atoms with Crippen molar-refractivity contribution in [2.24, 2.45) is 0 Å². The van der Waals surface area contributed by atoms with Gasteiger partial charge in [0.1, 0.15) is 28.2 Å². The summed E-state index contributed by atoms with van der Waals surface area (Å²) >= 11 is 5.58. The second-order valence-corrected chi connectivity index (χ2v) is 8.18. The molecule has 36 heavy (non-hydrogen) atoms. The van der Waals surface area contributed by atoms with E-state index >= 15 is 0 Å². The van der Waals surface area contributed by atoms with Gasteiger partial charge >= 0.3 is 17.9 Å². The number of anilines is 1. The van der Waals surface area contributed by atoms with Crippen LogP contribution in [0.5, 0.6) is 0 Å². The molecule has 0 bridgehead atoms. The third-order valence-electron chi connectivity index (χ3n) is 5.31. The summed E-state index contributed by atoms with van der Waals surface area (Å²) in [7, 11) is 0. The predicted octanol–water partition coefficient (Wildman–Crippen LogP) is 2.53. The number of nitrogens with zero attached hydrogens (tertiary/aromatic N) is 3. The van der Waals surface area contributed by atoms with Gasteiger partial charge in [-0.05, 0) is 5.56 Å². The van der Waals surface area contributed by atoms with E-state index in [4.69, 9.17) is 36.9 Å². The zero-order valence-corrected chi connectivity index (χ0v) is 20.4. The predicted molar refractivity (Wildman–Crippen MR) is 126 cm³/mol. The monoisotopic (exact) mass is 510 g/mol. The number of pyridine rings is 1. The van der Waals surface area contributed by atoms with E-state index in [9.17, 15) is 24.9 Å². The lowest BCUT2D eigenvalue weighted by atomic mass is 9.96. The standard InChI is InChI=1S/C24H22N4O7S/c1-12(29)33-18-11-32-23(21(35-14(3)31)20(18)34-13(2)30)28-22(27)16(9-25)19(17(10-26)24(28)36)15-7-5-4-6-8-15/h4-8,18,20-21,23H,11,27H2,1-3H3/t18-,20-,21-,23-/m1/s1. The SMILES string of the molecule is CC(=O)O[C@@H]1[C@H](OC(C)=O)[C@H](OC(C)=O)CO[C@H]1n1c(N)c(C#N)c(-c2ccccc2)c(C#N)c1=S. The minimum absolute atomic E-state index is 0.0294. The van der Waals surface area contributed by atoms with Gasteiger partial charge in [-0.2, -0.15) is 10.5 Å². The Kier molecular flexibility index (Phi) is 8.04. The lowest BCUT2D eigenvalue weighted by Gasteiger charge is -2.41. The van der Waals surface area contributed by atoms with Crippen LogP contribution in [0.2, 0.25) is 0 Å². The maximum absolute atomic E-state index is 12.0. The number of nitrogens with two attached hydrogens (primary N) is 1. The smallest absolute Gasteiger partial charge is 0.303 e. The van der Waals surface area contributed by atoms with Crippen LogP contribution in [0.25, 0.3) is 11.1 Å². The van der Waals surface area contributed by atoms with Crippen LogP contribution in [-0.2, 0) is 33.3 Å². The fourth-order valence-electron chi connectivity index (χ4n) is 4.02. The van der Waals surface area contributed by atoms with Crippen LogP contribution in [0.15, 0.2) is 30.3 Å². The Hall–Kier alpha value is -4.26. The van der Waals surface area contributed by atoms with Crippen molar-refractivity contribution >= 4 is 35.9 Å². The molecular formula is C24H22N4O7S. The van der Waals surface area contributed by atoms with Gasteiger partial charge in [0.15, 0.2) is 24.5 Å². The number of rotatable bonds is 5. The van der Waals surface area contributed by atoms with Crippen LogP contribution in [0.1, 0.15) is 38.1 Å². The molecule has 4 atom stereocenters. The van der Waals surface area contributed by atoms with Gasteiger partial charge in [-0.1, -0.05) is 42.5 Å². The molecule has 1 aromatic carbocycles. The van der Waals surface area contributed by atoms with Crippen LogP contribution >= 0.6 is 12.2 Å². The lowest BCUT2D eigenvalue weighted by Crippen LogP contribution is -2.55. The van der Waals surface area contributed by atoms with E-state index in [0.717, 1.165) is 20.8 Å². The Morgan fingerprint density at radius 2 is 1.53 bits per heavy atom. The van der Waals surface area contributed by atoms with Crippen molar-refractivity contribution in [2.75, 3.05) is 12.3 Å². The van der Waals surface area contributed by atoms with Gasteiger partial charge in [-0.15, -0.1) is 0 Å². The number of esters is 3. The van der Waals surface area contributed by atoms with Gasteiger partial charge in [-0.3, -0.25) is 19.0 Å². The minimum atomic E-state index is -1.39. The molecule has 186 valence electrons. The average Bonchev–Trinajstić information content (AvgIpc) is 2.81. The second kappa shape index (κ2) is 11.0. The zero-order chi connectivity index (χ0) is 26.6. The Labute approximate surface area is 211 Å². The summed E-state index contributed by atoms with van der Waals surface area (Å²) < 4.78 is 23.0. The third-order valence-corrected chi connectivity index (χ3v) is 5.71. The summed E-state index contributed by atoms with van der Waals surface area (Å²) in [5, 5.41) is 20.0. The quantitative estimate of drug-likeness (QED) is 0.356. The summed E-state index contributed by atoms with van der Waals surface area (Å²) in [6.45, 7) is 3.13. The Morgan fingerprint density at radius 1 is 0.972 bits per heavy atom. The first-order valence-corrected chi connectivity index (χ1v) is 11.1. The first-order chi connectivity index (χ1) is 17.1. The van der Waals surface area contributed by atoms with Crippen molar-refractivity contribution in [2.45, 2.75) is 45.3 Å². The fourth-order valence-corrected chi connectivity index (χ4v) is 4.37. The number of carbonyl (C=O) groups is 3. The molecule has 2 N–H and O–H groups in total. The van der Waals surface area contributed by atoms with Crippen molar-refractivity contribution in [1.82, 2.24) is 4.57 Å². The molecule has 3 rings (SSSR count). The molecule has 1 saturated heterocycles. The highest BCUT2D eigenvalue weighted by Crippen LogP contribution is 2.38. The second-order valence-electron chi connectivity index (χ2n) is 7.79. The molecule has 11 nitrogen and oxygen atoms in total. The number of ether oxygens (including phenoxy) is 4. The van der Waals surface area contributed by atoms with Gasteiger partial charge < -0.3 is 24.7 Å². The van der Waals surface area contributed by atoms with E-state index < -0.39 is 42.4 Å². The Morgan fingerprint density at radius 3 is 2.06 bits per heavy atom. The number of hydrogen-bond donors (Lipinski definition) is 1. The van der Waals surface area contributed by atoms with E-state index in [1.807, 2.05) is 12.1 Å². The van der Waals surface area contributed by atoms with Gasteiger partial charge in [0.25, 0.3) is 0 Å². The Bertz CT molecular complexity index is 1340. The van der Waals surface area contributed by atoms with E-state index in [1.165, 1.54) is 4.57 Å². The molecule has 12 heteroatoms. The average molecular weight is 511 g/mol. The highest BCUT2D eigenvalue weighted by molar-refractivity contribution is 7.71. The minimum Gasteiger partial charge on any atom is -0.456 e. The van der Waals surface area contributed by atoms with E-state index in [1.54, 1.807) is 30.3 Å². The molecule has 0 aliphatic carbocycles. The van der Waals surface area contributed by atoms with E-state index in [0.29, 0.717) is 5.56 Å². The molecule has 2 heterocycles.